The van der Waals surface area contributed by atoms with Gasteiger partial charge in [-0.2, -0.15) is 0 Å². The highest BCUT2D eigenvalue weighted by Gasteiger charge is 2.14. The average Bonchev–Trinajstić information content (AvgIpc) is 2.37. The topological polar surface area (TPSA) is 78.9 Å². The van der Waals surface area contributed by atoms with Crippen molar-refractivity contribution in [3.05, 3.63) is 23.8 Å². The predicted molar refractivity (Wildman–Crippen MR) is 73.0 cm³/mol. The zero-order chi connectivity index (χ0) is 14.6. The molecule has 0 aromatic heterocycles. The molecule has 1 rings (SSSR count). The number of methoxy groups -OCH3 is 1. The van der Waals surface area contributed by atoms with Crippen molar-refractivity contribution < 1.29 is 19.4 Å². The van der Waals surface area contributed by atoms with Crippen molar-refractivity contribution in [1.29, 1.82) is 0 Å². The Morgan fingerprint density at radius 1 is 1.37 bits per heavy atom. The Morgan fingerprint density at radius 2 is 2.00 bits per heavy atom. The lowest BCUT2D eigenvalue weighted by Gasteiger charge is -2.18. The molecule has 6 heteroatoms. The van der Waals surface area contributed by atoms with Gasteiger partial charge in [-0.1, -0.05) is 13.8 Å². The first-order chi connectivity index (χ1) is 8.86. The van der Waals surface area contributed by atoms with Gasteiger partial charge in [0.2, 0.25) is 0 Å². The highest BCUT2D eigenvalue weighted by molar-refractivity contribution is 5.89. The van der Waals surface area contributed by atoms with Crippen molar-refractivity contribution >= 4 is 23.6 Å². The van der Waals surface area contributed by atoms with E-state index in [9.17, 15) is 9.59 Å². The summed E-state index contributed by atoms with van der Waals surface area (Å²) in [5.74, 6) is 0.134. The molecule has 1 aromatic rings. The maximum absolute atomic E-state index is 11.2. The molecule has 0 atom stereocenters. The van der Waals surface area contributed by atoms with Crippen molar-refractivity contribution in [2.45, 2.75) is 19.8 Å². The van der Waals surface area contributed by atoms with Crippen LogP contribution in [0.5, 0.6) is 0 Å². The maximum Gasteiger partial charge on any atom is 0.411 e. The molecule has 0 spiro atoms. The third-order valence-corrected chi connectivity index (χ3v) is 2.75. The van der Waals surface area contributed by atoms with E-state index in [1.54, 1.807) is 18.2 Å². The minimum Gasteiger partial charge on any atom is -0.465 e. The van der Waals surface area contributed by atoms with E-state index in [0.29, 0.717) is 11.4 Å². The number of ether oxygens (including phenoxy) is 1. The van der Waals surface area contributed by atoms with Crippen molar-refractivity contribution in [3.63, 3.8) is 0 Å². The summed E-state index contributed by atoms with van der Waals surface area (Å²) in [6.45, 7) is 3.92. The quantitative estimate of drug-likeness (QED) is 0.881. The second-order valence-corrected chi connectivity index (χ2v) is 4.38. The number of hydrogen-bond donors (Lipinski definition) is 2. The standard InChI is InChI=1S/C13H18N2O4/c1-8(2)10-7-9(15(3)13(17)18)5-6-11(10)14-12(16)19-4/h5-8H,1-4H3,(H,14,16)(H,17,18). The van der Waals surface area contributed by atoms with Gasteiger partial charge in [0.1, 0.15) is 0 Å². The van der Waals surface area contributed by atoms with Gasteiger partial charge < -0.3 is 9.84 Å². The number of carbonyl (C=O) groups is 2. The van der Waals surface area contributed by atoms with E-state index in [4.69, 9.17) is 5.11 Å². The molecule has 6 nitrogen and oxygen atoms in total. The lowest BCUT2D eigenvalue weighted by molar-refractivity contribution is 0.187. The minimum atomic E-state index is -1.04. The monoisotopic (exact) mass is 266 g/mol. The third-order valence-electron chi connectivity index (χ3n) is 2.75. The number of nitrogens with one attached hydrogen (secondary N) is 1. The summed E-state index contributed by atoms with van der Waals surface area (Å²) in [7, 11) is 2.76. The SMILES string of the molecule is COC(=O)Nc1ccc(N(C)C(=O)O)cc1C(C)C. The third kappa shape index (κ3) is 3.61. The number of carbonyl (C=O) groups excluding carboxylic acids is 1. The largest absolute Gasteiger partial charge is 0.465 e. The Labute approximate surface area is 112 Å². The van der Waals surface area contributed by atoms with Crippen LogP contribution in [0.4, 0.5) is 21.0 Å². The summed E-state index contributed by atoms with van der Waals surface area (Å²) in [4.78, 5) is 23.3. The first kappa shape index (κ1) is 14.8. The molecule has 0 radical (unpaired) electrons. The van der Waals surface area contributed by atoms with Crippen LogP contribution in [0.3, 0.4) is 0 Å². The van der Waals surface area contributed by atoms with E-state index < -0.39 is 12.2 Å². The maximum atomic E-state index is 11.2. The van der Waals surface area contributed by atoms with Gasteiger partial charge in [0.25, 0.3) is 0 Å². The van der Waals surface area contributed by atoms with Crippen molar-refractivity contribution in [1.82, 2.24) is 0 Å². The van der Waals surface area contributed by atoms with E-state index >= 15 is 0 Å². The lowest BCUT2D eigenvalue weighted by atomic mass is 10.00. The molecule has 0 heterocycles. The van der Waals surface area contributed by atoms with Crippen LogP contribution in [-0.2, 0) is 4.74 Å². The molecule has 19 heavy (non-hydrogen) atoms. The molecule has 0 aliphatic rings. The van der Waals surface area contributed by atoms with Crippen LogP contribution in [0.15, 0.2) is 18.2 Å². The molecule has 104 valence electrons. The number of nitrogens with zero attached hydrogens (tertiary/aromatic N) is 1. The fraction of sp³-hybridized carbons (Fsp3) is 0.385. The number of amides is 2. The molecule has 0 saturated carbocycles. The highest BCUT2D eigenvalue weighted by atomic mass is 16.5. The molecule has 0 bridgehead atoms. The second-order valence-electron chi connectivity index (χ2n) is 4.38. The Morgan fingerprint density at radius 3 is 2.47 bits per heavy atom. The summed E-state index contributed by atoms with van der Waals surface area (Å²) in [6.07, 6.45) is -1.59. The molecule has 0 saturated heterocycles. The summed E-state index contributed by atoms with van der Waals surface area (Å²) in [6, 6.07) is 5.04. The lowest BCUT2D eigenvalue weighted by Crippen LogP contribution is -2.24. The zero-order valence-corrected chi connectivity index (χ0v) is 11.4. The van der Waals surface area contributed by atoms with Gasteiger partial charge in [0.15, 0.2) is 0 Å². The van der Waals surface area contributed by atoms with E-state index in [0.717, 1.165) is 10.5 Å². The van der Waals surface area contributed by atoms with Gasteiger partial charge in [-0.3, -0.25) is 10.2 Å². The molecular weight excluding hydrogens is 248 g/mol. The summed E-state index contributed by atoms with van der Waals surface area (Å²) in [5.41, 5.74) is 2.01. The Balaban J connectivity index is 3.14. The van der Waals surface area contributed by atoms with Gasteiger partial charge >= 0.3 is 12.2 Å². The summed E-state index contributed by atoms with van der Waals surface area (Å²) < 4.78 is 4.55. The van der Waals surface area contributed by atoms with Crippen molar-refractivity contribution in [2.24, 2.45) is 0 Å². The first-order valence-electron chi connectivity index (χ1n) is 5.82. The van der Waals surface area contributed by atoms with E-state index in [1.165, 1.54) is 14.2 Å². The molecule has 0 aliphatic heterocycles. The minimum absolute atomic E-state index is 0.134. The van der Waals surface area contributed by atoms with Gasteiger partial charge in [-0.15, -0.1) is 0 Å². The van der Waals surface area contributed by atoms with Gasteiger partial charge in [-0.25, -0.2) is 9.59 Å². The van der Waals surface area contributed by atoms with Crippen LogP contribution in [0, 0.1) is 0 Å². The Bertz CT molecular complexity index is 486. The molecule has 1 aromatic carbocycles. The Hall–Kier alpha value is -2.24. The Kier molecular flexibility index (Phi) is 4.74. The smallest absolute Gasteiger partial charge is 0.411 e. The van der Waals surface area contributed by atoms with Crippen molar-refractivity contribution in [2.75, 3.05) is 24.4 Å². The zero-order valence-electron chi connectivity index (χ0n) is 11.4. The molecule has 0 fully saturated rings. The predicted octanol–water partition coefficient (Wildman–Crippen LogP) is 3.10. The van der Waals surface area contributed by atoms with Crippen LogP contribution >= 0.6 is 0 Å². The van der Waals surface area contributed by atoms with Crippen LogP contribution in [0.2, 0.25) is 0 Å². The second kappa shape index (κ2) is 6.08. The average molecular weight is 266 g/mol. The molecule has 0 unspecified atom stereocenters. The highest BCUT2D eigenvalue weighted by Crippen LogP contribution is 2.29. The fourth-order valence-corrected chi connectivity index (χ4v) is 1.62. The van der Waals surface area contributed by atoms with Gasteiger partial charge in [-0.05, 0) is 29.7 Å². The van der Waals surface area contributed by atoms with Crippen molar-refractivity contribution in [3.8, 4) is 0 Å². The van der Waals surface area contributed by atoms with E-state index in [2.05, 4.69) is 10.1 Å². The molecule has 2 N–H and O–H groups in total. The number of carboxylic acid groups (broad SMARTS) is 1. The molecular formula is C13H18N2O4. The van der Waals surface area contributed by atoms with Crippen LogP contribution in [0.1, 0.15) is 25.3 Å². The normalized spacial score (nSPS) is 10.2. The van der Waals surface area contributed by atoms with Crippen LogP contribution in [0.25, 0.3) is 0 Å². The summed E-state index contributed by atoms with van der Waals surface area (Å²) in [5, 5.41) is 11.6. The van der Waals surface area contributed by atoms with Gasteiger partial charge in [0.05, 0.1) is 7.11 Å². The molecule has 0 aliphatic carbocycles. The number of hydrogen-bond acceptors (Lipinski definition) is 3. The number of benzene rings is 1. The van der Waals surface area contributed by atoms with Crippen LogP contribution in [-0.4, -0.2) is 31.5 Å². The fourth-order valence-electron chi connectivity index (χ4n) is 1.62. The van der Waals surface area contributed by atoms with Crippen LogP contribution < -0.4 is 10.2 Å². The number of anilines is 2. The van der Waals surface area contributed by atoms with E-state index in [-0.39, 0.29) is 5.92 Å². The first-order valence-corrected chi connectivity index (χ1v) is 5.82. The number of rotatable bonds is 3. The van der Waals surface area contributed by atoms with Gasteiger partial charge in [0, 0.05) is 18.4 Å². The van der Waals surface area contributed by atoms with E-state index in [1.807, 2.05) is 13.8 Å². The summed E-state index contributed by atoms with van der Waals surface area (Å²) >= 11 is 0. The molecule has 2 amide bonds.